The Hall–Kier alpha value is -3.00. The summed E-state index contributed by atoms with van der Waals surface area (Å²) in [6, 6.07) is 8.09. The standard InChI is InChI=1S/C18H14F2N2O3S/c1-24-15-6-3-10(7-16(15)25-2)18-22-14(9-26-18)17(23)21-13-8-11(19)4-5-12(13)20/h3-9H,1-2H3,(H,21,23). The van der Waals surface area contributed by atoms with Crippen LogP contribution in [0.5, 0.6) is 11.5 Å². The molecule has 0 aliphatic carbocycles. The van der Waals surface area contributed by atoms with E-state index < -0.39 is 17.5 Å². The van der Waals surface area contributed by atoms with E-state index >= 15 is 0 Å². The second-order valence-corrected chi connectivity index (χ2v) is 6.04. The number of amides is 1. The number of nitrogens with one attached hydrogen (secondary N) is 1. The van der Waals surface area contributed by atoms with Crippen LogP contribution in [0, 0.1) is 11.6 Å². The maximum absolute atomic E-state index is 13.6. The molecule has 3 aromatic rings. The first-order valence-electron chi connectivity index (χ1n) is 7.46. The third kappa shape index (κ3) is 3.65. The van der Waals surface area contributed by atoms with Gasteiger partial charge in [-0.15, -0.1) is 11.3 Å². The van der Waals surface area contributed by atoms with Crippen LogP contribution in [0.25, 0.3) is 10.6 Å². The number of anilines is 1. The maximum atomic E-state index is 13.6. The van der Waals surface area contributed by atoms with Gasteiger partial charge in [-0.1, -0.05) is 0 Å². The number of halogens is 2. The fourth-order valence-corrected chi connectivity index (χ4v) is 3.06. The Morgan fingerprint density at radius 1 is 1.08 bits per heavy atom. The van der Waals surface area contributed by atoms with E-state index in [-0.39, 0.29) is 11.4 Å². The molecule has 3 rings (SSSR count). The van der Waals surface area contributed by atoms with E-state index in [1.54, 1.807) is 23.6 Å². The van der Waals surface area contributed by atoms with Crippen LogP contribution >= 0.6 is 11.3 Å². The van der Waals surface area contributed by atoms with Gasteiger partial charge in [0.1, 0.15) is 22.3 Å². The zero-order valence-electron chi connectivity index (χ0n) is 13.9. The molecule has 1 amide bonds. The van der Waals surface area contributed by atoms with Crippen LogP contribution in [0.4, 0.5) is 14.5 Å². The smallest absolute Gasteiger partial charge is 0.275 e. The summed E-state index contributed by atoms with van der Waals surface area (Å²) < 4.78 is 37.3. The Kier molecular flexibility index (Phi) is 5.13. The van der Waals surface area contributed by atoms with E-state index in [0.717, 1.165) is 23.8 Å². The van der Waals surface area contributed by atoms with Crippen molar-refractivity contribution in [1.29, 1.82) is 0 Å². The molecule has 0 saturated carbocycles. The highest BCUT2D eigenvalue weighted by molar-refractivity contribution is 7.13. The molecular weight excluding hydrogens is 362 g/mol. The molecule has 1 N–H and O–H groups in total. The number of methoxy groups -OCH3 is 2. The lowest BCUT2D eigenvalue weighted by atomic mass is 10.2. The normalized spacial score (nSPS) is 10.5. The molecule has 8 heteroatoms. The van der Waals surface area contributed by atoms with Crippen molar-refractivity contribution in [3.05, 3.63) is 59.1 Å². The zero-order chi connectivity index (χ0) is 18.7. The van der Waals surface area contributed by atoms with Crippen molar-refractivity contribution in [2.75, 3.05) is 19.5 Å². The van der Waals surface area contributed by atoms with Crippen molar-refractivity contribution in [1.82, 2.24) is 4.98 Å². The fraction of sp³-hybridized carbons (Fsp3) is 0.111. The molecule has 2 aromatic carbocycles. The molecule has 0 radical (unpaired) electrons. The average Bonchev–Trinajstić information content (AvgIpc) is 3.14. The van der Waals surface area contributed by atoms with Crippen LogP contribution in [0.2, 0.25) is 0 Å². The van der Waals surface area contributed by atoms with Crippen LogP contribution in [-0.2, 0) is 0 Å². The highest BCUT2D eigenvalue weighted by Gasteiger charge is 2.15. The number of hydrogen-bond acceptors (Lipinski definition) is 5. The maximum Gasteiger partial charge on any atom is 0.275 e. The van der Waals surface area contributed by atoms with E-state index in [1.807, 2.05) is 0 Å². The van der Waals surface area contributed by atoms with Gasteiger partial charge in [0.2, 0.25) is 0 Å². The van der Waals surface area contributed by atoms with Gasteiger partial charge in [0.25, 0.3) is 5.91 Å². The number of hydrogen-bond donors (Lipinski definition) is 1. The molecular formula is C18H14F2N2O3S. The molecule has 0 fully saturated rings. The Labute approximate surface area is 152 Å². The number of benzene rings is 2. The first-order valence-corrected chi connectivity index (χ1v) is 8.34. The largest absolute Gasteiger partial charge is 0.493 e. The SMILES string of the molecule is COc1ccc(-c2nc(C(=O)Nc3cc(F)ccc3F)cs2)cc1OC. The fourth-order valence-electron chi connectivity index (χ4n) is 2.26. The summed E-state index contributed by atoms with van der Waals surface area (Å²) in [5.41, 5.74) is 0.600. The van der Waals surface area contributed by atoms with E-state index in [0.29, 0.717) is 16.5 Å². The van der Waals surface area contributed by atoms with Crippen molar-refractivity contribution in [3.63, 3.8) is 0 Å². The van der Waals surface area contributed by atoms with E-state index in [9.17, 15) is 13.6 Å². The van der Waals surface area contributed by atoms with Crippen molar-refractivity contribution >= 4 is 22.9 Å². The Morgan fingerprint density at radius 3 is 2.58 bits per heavy atom. The predicted octanol–water partition coefficient (Wildman–Crippen LogP) is 4.36. The summed E-state index contributed by atoms with van der Waals surface area (Å²) in [6.45, 7) is 0. The minimum atomic E-state index is -0.727. The molecule has 1 heterocycles. The average molecular weight is 376 g/mol. The zero-order valence-corrected chi connectivity index (χ0v) is 14.7. The molecule has 5 nitrogen and oxygen atoms in total. The second-order valence-electron chi connectivity index (χ2n) is 5.19. The quantitative estimate of drug-likeness (QED) is 0.719. The second kappa shape index (κ2) is 7.49. The van der Waals surface area contributed by atoms with Crippen LogP contribution in [0.1, 0.15) is 10.5 Å². The number of carbonyl (C=O) groups is 1. The van der Waals surface area contributed by atoms with Crippen molar-refractivity contribution < 1.29 is 23.0 Å². The molecule has 0 aliphatic rings. The highest BCUT2D eigenvalue weighted by atomic mass is 32.1. The van der Waals surface area contributed by atoms with Gasteiger partial charge < -0.3 is 14.8 Å². The molecule has 0 atom stereocenters. The van der Waals surface area contributed by atoms with Crippen molar-refractivity contribution in [3.8, 4) is 22.1 Å². The predicted molar refractivity (Wildman–Crippen MR) is 95.0 cm³/mol. The molecule has 0 spiro atoms. The molecule has 1 aromatic heterocycles. The lowest BCUT2D eigenvalue weighted by molar-refractivity contribution is 0.102. The third-order valence-corrected chi connectivity index (χ3v) is 4.44. The number of thiazole rings is 1. The topological polar surface area (TPSA) is 60.5 Å². The van der Waals surface area contributed by atoms with Crippen LogP contribution in [-0.4, -0.2) is 25.1 Å². The van der Waals surface area contributed by atoms with Gasteiger partial charge in [-0.05, 0) is 30.3 Å². The van der Waals surface area contributed by atoms with Gasteiger partial charge in [-0.25, -0.2) is 13.8 Å². The third-order valence-electron chi connectivity index (χ3n) is 3.54. The lowest BCUT2D eigenvalue weighted by Gasteiger charge is -2.08. The van der Waals surface area contributed by atoms with E-state index in [2.05, 4.69) is 10.3 Å². The molecule has 26 heavy (non-hydrogen) atoms. The minimum Gasteiger partial charge on any atom is -0.493 e. The summed E-state index contributed by atoms with van der Waals surface area (Å²) in [5.74, 6) is -0.890. The molecule has 0 unspecified atom stereocenters. The van der Waals surface area contributed by atoms with Gasteiger partial charge in [-0.3, -0.25) is 4.79 Å². The van der Waals surface area contributed by atoms with Gasteiger partial charge in [0.15, 0.2) is 11.5 Å². The molecule has 0 saturated heterocycles. The number of carbonyl (C=O) groups excluding carboxylic acids is 1. The summed E-state index contributed by atoms with van der Waals surface area (Å²) in [4.78, 5) is 16.5. The molecule has 0 aliphatic heterocycles. The number of nitrogens with zero attached hydrogens (tertiary/aromatic N) is 1. The first-order chi connectivity index (χ1) is 12.5. The number of aromatic nitrogens is 1. The van der Waals surface area contributed by atoms with E-state index in [4.69, 9.17) is 9.47 Å². The first kappa shape index (κ1) is 17.8. The van der Waals surface area contributed by atoms with Crippen LogP contribution in [0.3, 0.4) is 0 Å². The summed E-state index contributed by atoms with van der Waals surface area (Å²) in [6.07, 6.45) is 0. The van der Waals surface area contributed by atoms with Crippen LogP contribution < -0.4 is 14.8 Å². The number of rotatable bonds is 5. The van der Waals surface area contributed by atoms with Crippen molar-refractivity contribution in [2.24, 2.45) is 0 Å². The Balaban J connectivity index is 1.83. The summed E-state index contributed by atoms with van der Waals surface area (Å²) in [5, 5.41) is 4.44. The Morgan fingerprint density at radius 2 is 1.85 bits per heavy atom. The van der Waals surface area contributed by atoms with Gasteiger partial charge in [-0.2, -0.15) is 0 Å². The van der Waals surface area contributed by atoms with Gasteiger partial charge in [0.05, 0.1) is 19.9 Å². The minimum absolute atomic E-state index is 0.100. The van der Waals surface area contributed by atoms with Crippen LogP contribution in [0.15, 0.2) is 41.8 Å². The monoisotopic (exact) mass is 376 g/mol. The molecule has 0 bridgehead atoms. The summed E-state index contributed by atoms with van der Waals surface area (Å²) in [7, 11) is 3.06. The summed E-state index contributed by atoms with van der Waals surface area (Å²) >= 11 is 1.25. The Bertz CT molecular complexity index is 959. The number of ether oxygens (including phenoxy) is 2. The van der Waals surface area contributed by atoms with Gasteiger partial charge in [0, 0.05) is 17.0 Å². The van der Waals surface area contributed by atoms with E-state index in [1.165, 1.54) is 25.6 Å². The van der Waals surface area contributed by atoms with Crippen molar-refractivity contribution in [2.45, 2.75) is 0 Å². The van der Waals surface area contributed by atoms with Gasteiger partial charge >= 0.3 is 0 Å². The highest BCUT2D eigenvalue weighted by Crippen LogP contribution is 2.33. The lowest BCUT2D eigenvalue weighted by Crippen LogP contribution is -2.13. The molecule has 134 valence electrons.